The van der Waals surface area contributed by atoms with E-state index in [1.54, 1.807) is 9.80 Å². The van der Waals surface area contributed by atoms with Gasteiger partial charge in [-0.3, -0.25) is 19.3 Å². The first-order valence-corrected chi connectivity index (χ1v) is 17.4. The zero-order valence-electron chi connectivity index (χ0n) is 28.2. The molecule has 0 radical (unpaired) electrons. The first-order chi connectivity index (χ1) is 22.8. The van der Waals surface area contributed by atoms with Crippen LogP contribution in [-0.2, 0) is 19.1 Å². The van der Waals surface area contributed by atoms with E-state index in [1.165, 1.54) is 11.0 Å². The van der Waals surface area contributed by atoms with E-state index in [9.17, 15) is 18.8 Å². The molecule has 4 aliphatic rings. The fraction of sp³-hybridized carbons (Fsp3) is 0.583. The predicted octanol–water partition coefficient (Wildman–Crippen LogP) is 4.39. The SMILES string of the molecule is CN1CCN(C(=O)[C@@H]2C[C@H](N(C(=O)[C@@H]3CCCO3)c3ccc(F)cc3F)CN2C(=O)[C@@H]2CN(C(C)(C)C)C[C@H]2c2ccc(Cl)cc2)CC1. The third-order valence-corrected chi connectivity index (χ3v) is 10.8. The average molecular weight is 686 g/mol. The second-order valence-corrected chi connectivity index (χ2v) is 15.1. The summed E-state index contributed by atoms with van der Waals surface area (Å²) in [5.74, 6) is -3.03. The minimum Gasteiger partial charge on any atom is -0.368 e. The van der Waals surface area contributed by atoms with Gasteiger partial charge in [-0.15, -0.1) is 0 Å². The number of anilines is 1. The van der Waals surface area contributed by atoms with Gasteiger partial charge in [-0.1, -0.05) is 23.7 Å². The number of carbonyl (C=O) groups is 3. The summed E-state index contributed by atoms with van der Waals surface area (Å²) < 4.78 is 35.2. The Kier molecular flexibility index (Phi) is 10.1. The second kappa shape index (κ2) is 14.0. The highest BCUT2D eigenvalue weighted by molar-refractivity contribution is 6.30. The van der Waals surface area contributed by atoms with Gasteiger partial charge in [-0.2, -0.15) is 0 Å². The first-order valence-electron chi connectivity index (χ1n) is 17.0. The number of ether oxygens (including phenoxy) is 1. The van der Waals surface area contributed by atoms with Crippen LogP contribution in [0.1, 0.15) is 51.5 Å². The van der Waals surface area contributed by atoms with Crippen LogP contribution in [0.2, 0.25) is 5.02 Å². The van der Waals surface area contributed by atoms with Crippen LogP contribution in [0.3, 0.4) is 0 Å². The molecule has 6 rings (SSSR count). The van der Waals surface area contributed by atoms with Gasteiger partial charge in [0.05, 0.1) is 17.6 Å². The van der Waals surface area contributed by atoms with Gasteiger partial charge in [-0.25, -0.2) is 8.78 Å². The summed E-state index contributed by atoms with van der Waals surface area (Å²) in [6.07, 6.45) is 0.516. The number of nitrogens with zero attached hydrogens (tertiary/aromatic N) is 5. The van der Waals surface area contributed by atoms with Crippen molar-refractivity contribution in [3.05, 3.63) is 64.7 Å². The van der Waals surface area contributed by atoms with Gasteiger partial charge >= 0.3 is 0 Å². The maximum atomic E-state index is 15.5. The molecule has 2 aromatic rings. The molecule has 0 bridgehead atoms. The van der Waals surface area contributed by atoms with Gasteiger partial charge in [0.1, 0.15) is 23.8 Å². The molecule has 4 fully saturated rings. The molecule has 0 unspecified atom stereocenters. The van der Waals surface area contributed by atoms with Gasteiger partial charge in [0.15, 0.2) is 0 Å². The number of hydrogen-bond acceptors (Lipinski definition) is 6. The molecular weight excluding hydrogens is 640 g/mol. The van der Waals surface area contributed by atoms with Crippen LogP contribution in [-0.4, -0.2) is 121 Å². The Bertz CT molecular complexity index is 1510. The van der Waals surface area contributed by atoms with Gasteiger partial charge in [0, 0.05) is 75.0 Å². The second-order valence-electron chi connectivity index (χ2n) is 14.7. The Balaban J connectivity index is 1.37. The van der Waals surface area contributed by atoms with Crippen molar-refractivity contribution in [2.24, 2.45) is 5.92 Å². The van der Waals surface area contributed by atoms with Crippen LogP contribution in [0.15, 0.2) is 42.5 Å². The molecule has 4 saturated heterocycles. The summed E-state index contributed by atoms with van der Waals surface area (Å²) in [6, 6.07) is 9.14. The van der Waals surface area contributed by atoms with Crippen molar-refractivity contribution in [3.8, 4) is 0 Å². The molecule has 260 valence electrons. The first kappa shape index (κ1) is 34.7. The zero-order valence-corrected chi connectivity index (χ0v) is 29.0. The van der Waals surface area contributed by atoms with E-state index in [1.807, 2.05) is 31.3 Å². The monoisotopic (exact) mass is 685 g/mol. The van der Waals surface area contributed by atoms with E-state index in [4.69, 9.17) is 16.3 Å². The van der Waals surface area contributed by atoms with Crippen LogP contribution in [0.25, 0.3) is 0 Å². The van der Waals surface area contributed by atoms with Gasteiger partial charge in [0.2, 0.25) is 11.8 Å². The molecule has 48 heavy (non-hydrogen) atoms. The highest BCUT2D eigenvalue weighted by Gasteiger charge is 2.51. The number of likely N-dealkylation sites (N-methyl/N-ethyl adjacent to an activating group) is 1. The topological polar surface area (TPSA) is 76.6 Å². The molecule has 12 heteroatoms. The van der Waals surface area contributed by atoms with Crippen molar-refractivity contribution in [1.29, 1.82) is 0 Å². The molecule has 9 nitrogen and oxygen atoms in total. The van der Waals surface area contributed by atoms with E-state index in [-0.39, 0.29) is 41.9 Å². The minimum absolute atomic E-state index is 0.0393. The lowest BCUT2D eigenvalue weighted by Gasteiger charge is -2.36. The van der Waals surface area contributed by atoms with E-state index in [0.29, 0.717) is 63.7 Å². The zero-order chi connectivity index (χ0) is 34.3. The van der Waals surface area contributed by atoms with E-state index in [0.717, 1.165) is 17.7 Å². The quantitative estimate of drug-likeness (QED) is 0.450. The lowest BCUT2D eigenvalue weighted by atomic mass is 9.88. The van der Waals surface area contributed by atoms with Crippen molar-refractivity contribution < 1.29 is 27.9 Å². The fourth-order valence-electron chi connectivity index (χ4n) is 7.68. The summed E-state index contributed by atoms with van der Waals surface area (Å²) in [4.78, 5) is 52.5. The number of hydrogen-bond donors (Lipinski definition) is 0. The molecule has 0 aliphatic carbocycles. The maximum absolute atomic E-state index is 15.5. The summed E-state index contributed by atoms with van der Waals surface area (Å²) in [5.41, 5.74) is 0.707. The lowest BCUT2D eigenvalue weighted by molar-refractivity contribution is -0.147. The lowest BCUT2D eigenvalue weighted by Crippen LogP contribution is -2.54. The molecule has 2 aromatic carbocycles. The van der Waals surface area contributed by atoms with E-state index < -0.39 is 41.6 Å². The number of rotatable bonds is 6. The molecule has 0 N–H and O–H groups in total. The number of likely N-dealkylation sites (tertiary alicyclic amines) is 2. The Hall–Kier alpha value is -3.12. The third kappa shape index (κ3) is 7.11. The van der Waals surface area contributed by atoms with Crippen molar-refractivity contribution in [2.45, 2.75) is 69.7 Å². The Morgan fingerprint density at radius 3 is 2.27 bits per heavy atom. The minimum atomic E-state index is -0.882. The number of halogens is 3. The van der Waals surface area contributed by atoms with E-state index in [2.05, 4.69) is 30.6 Å². The molecule has 0 saturated carbocycles. The van der Waals surface area contributed by atoms with Crippen LogP contribution in [0, 0.1) is 17.6 Å². The van der Waals surface area contributed by atoms with Gasteiger partial charge in [-0.05, 0) is 76.9 Å². The molecular formula is C36H46ClF2N5O4. The summed E-state index contributed by atoms with van der Waals surface area (Å²) in [6.45, 7) is 10.4. The fourth-order valence-corrected chi connectivity index (χ4v) is 7.80. The molecule has 3 amide bonds. The van der Waals surface area contributed by atoms with Crippen molar-refractivity contribution in [3.63, 3.8) is 0 Å². The Morgan fingerprint density at radius 2 is 1.65 bits per heavy atom. The number of carbonyl (C=O) groups excluding carboxylic acids is 3. The van der Waals surface area contributed by atoms with Crippen molar-refractivity contribution >= 4 is 35.0 Å². The predicted molar refractivity (Wildman–Crippen MR) is 180 cm³/mol. The highest BCUT2D eigenvalue weighted by atomic mass is 35.5. The molecule has 4 heterocycles. The third-order valence-electron chi connectivity index (χ3n) is 10.5. The number of piperazine rings is 1. The maximum Gasteiger partial charge on any atom is 0.256 e. The Labute approximate surface area is 286 Å². The van der Waals surface area contributed by atoms with Crippen LogP contribution in [0.5, 0.6) is 0 Å². The standard InChI is InChI=1S/C36H46ClF2N5O4/c1-36(2,3)42-21-27(23-7-9-24(37)10-8-23)28(22-42)33(45)43-20-26(19-31(43)34(46)41-15-13-40(4)14-16-41)44(35(47)32-6-5-17-48-32)30-12-11-25(38)18-29(30)39/h7-12,18,26-28,31-32H,5-6,13-17,19-22H2,1-4H3/t26-,27-,28+,31-,32-/m0/s1. The largest absolute Gasteiger partial charge is 0.368 e. The number of benzene rings is 2. The van der Waals surface area contributed by atoms with Crippen molar-refractivity contribution in [2.75, 3.05) is 64.4 Å². The highest BCUT2D eigenvalue weighted by Crippen LogP contribution is 2.40. The van der Waals surface area contributed by atoms with Gasteiger partial charge in [0.25, 0.3) is 5.91 Å². The molecule has 5 atom stereocenters. The summed E-state index contributed by atoms with van der Waals surface area (Å²) >= 11 is 6.23. The van der Waals surface area contributed by atoms with Gasteiger partial charge < -0.3 is 24.3 Å². The summed E-state index contributed by atoms with van der Waals surface area (Å²) in [7, 11) is 2.01. The number of amides is 3. The molecule has 0 spiro atoms. The average Bonchev–Trinajstić information content (AvgIpc) is 3.83. The normalized spacial score (nSPS) is 27.1. The van der Waals surface area contributed by atoms with E-state index >= 15 is 4.39 Å². The van der Waals surface area contributed by atoms with Crippen LogP contribution >= 0.6 is 11.6 Å². The Morgan fingerprint density at radius 1 is 0.938 bits per heavy atom. The van der Waals surface area contributed by atoms with Crippen LogP contribution < -0.4 is 4.90 Å². The molecule has 4 aliphatic heterocycles. The molecule has 0 aromatic heterocycles. The van der Waals surface area contributed by atoms with Crippen LogP contribution in [0.4, 0.5) is 14.5 Å². The van der Waals surface area contributed by atoms with Crippen molar-refractivity contribution in [1.82, 2.24) is 19.6 Å². The summed E-state index contributed by atoms with van der Waals surface area (Å²) in [5, 5.41) is 0.608. The smallest absolute Gasteiger partial charge is 0.256 e.